The van der Waals surface area contributed by atoms with Crippen LogP contribution in [-0.2, 0) is 0 Å². The highest BCUT2D eigenvalue weighted by Crippen LogP contribution is 2.25. The first-order chi connectivity index (χ1) is 8.65. The van der Waals surface area contributed by atoms with Crippen molar-refractivity contribution < 1.29 is 5.11 Å². The average molecular weight is 258 g/mol. The number of benzene rings is 2. The molecule has 0 unspecified atom stereocenters. The number of aryl methyl sites for hydroxylation is 2. The molecule has 2 aromatic rings. The van der Waals surface area contributed by atoms with E-state index in [9.17, 15) is 5.11 Å². The summed E-state index contributed by atoms with van der Waals surface area (Å²) in [7, 11) is 0. The molecule has 0 aliphatic rings. The fourth-order valence-electron chi connectivity index (χ4n) is 1.69. The van der Waals surface area contributed by atoms with Gasteiger partial charge in [-0.2, -0.15) is 0 Å². The summed E-state index contributed by atoms with van der Waals surface area (Å²) in [5.74, 6) is 0.687. The molecule has 94 valence electrons. The Kier molecular flexibility index (Phi) is 4.45. The van der Waals surface area contributed by atoms with E-state index in [2.05, 4.69) is 38.1 Å². The number of hydrogen-bond acceptors (Lipinski definition) is 2. The maximum atomic E-state index is 10.1. The van der Waals surface area contributed by atoms with Crippen molar-refractivity contribution >= 4 is 11.8 Å². The third-order valence-corrected chi connectivity index (χ3v) is 3.98. The van der Waals surface area contributed by atoms with Crippen LogP contribution in [0.3, 0.4) is 0 Å². The standard InChI is InChI=1S/C16H18OS/c1-12-3-7-14(8-4-12)16(17)11-18-15-9-5-13(2)6-10-15/h3-10,16-17H,11H2,1-2H3/t16-/m1/s1. The van der Waals surface area contributed by atoms with Gasteiger partial charge in [0.15, 0.2) is 0 Å². The largest absolute Gasteiger partial charge is 0.388 e. The monoisotopic (exact) mass is 258 g/mol. The molecule has 0 radical (unpaired) electrons. The molecule has 1 atom stereocenters. The third-order valence-electron chi connectivity index (χ3n) is 2.89. The first-order valence-corrected chi connectivity index (χ1v) is 7.08. The molecule has 0 aliphatic carbocycles. The normalized spacial score (nSPS) is 12.4. The van der Waals surface area contributed by atoms with E-state index in [-0.39, 0.29) is 0 Å². The van der Waals surface area contributed by atoms with Crippen LogP contribution in [0.4, 0.5) is 0 Å². The summed E-state index contributed by atoms with van der Waals surface area (Å²) >= 11 is 1.69. The second kappa shape index (κ2) is 6.07. The van der Waals surface area contributed by atoms with E-state index in [4.69, 9.17) is 0 Å². The van der Waals surface area contributed by atoms with Crippen LogP contribution in [0.15, 0.2) is 53.4 Å². The van der Waals surface area contributed by atoms with Gasteiger partial charge in [0.2, 0.25) is 0 Å². The van der Waals surface area contributed by atoms with E-state index in [1.807, 2.05) is 24.3 Å². The van der Waals surface area contributed by atoms with E-state index < -0.39 is 6.10 Å². The van der Waals surface area contributed by atoms with Gasteiger partial charge in [0.25, 0.3) is 0 Å². The summed E-state index contributed by atoms with van der Waals surface area (Å²) in [6, 6.07) is 16.5. The zero-order valence-electron chi connectivity index (χ0n) is 10.8. The Balaban J connectivity index is 1.93. The molecule has 0 saturated carbocycles. The van der Waals surface area contributed by atoms with Gasteiger partial charge >= 0.3 is 0 Å². The molecule has 0 fully saturated rings. The molecule has 0 amide bonds. The van der Waals surface area contributed by atoms with Gasteiger partial charge in [0.05, 0.1) is 6.10 Å². The predicted molar refractivity (Wildman–Crippen MR) is 78.0 cm³/mol. The van der Waals surface area contributed by atoms with Crippen molar-refractivity contribution in [1.82, 2.24) is 0 Å². The molecule has 1 N–H and O–H groups in total. The maximum Gasteiger partial charge on any atom is 0.0883 e. The number of aliphatic hydroxyl groups excluding tert-OH is 1. The lowest BCUT2D eigenvalue weighted by molar-refractivity contribution is 0.204. The van der Waals surface area contributed by atoms with Crippen LogP contribution < -0.4 is 0 Å². The average Bonchev–Trinajstić information content (AvgIpc) is 2.38. The van der Waals surface area contributed by atoms with E-state index in [1.165, 1.54) is 16.0 Å². The van der Waals surface area contributed by atoms with Gasteiger partial charge in [-0.25, -0.2) is 0 Å². The van der Waals surface area contributed by atoms with Crippen molar-refractivity contribution in [3.8, 4) is 0 Å². The number of hydrogen-bond donors (Lipinski definition) is 1. The van der Waals surface area contributed by atoms with Crippen LogP contribution in [0.1, 0.15) is 22.8 Å². The molecule has 0 spiro atoms. The topological polar surface area (TPSA) is 20.2 Å². The molecule has 2 aromatic carbocycles. The summed E-state index contributed by atoms with van der Waals surface area (Å²) in [6.45, 7) is 4.13. The minimum Gasteiger partial charge on any atom is -0.388 e. The zero-order chi connectivity index (χ0) is 13.0. The zero-order valence-corrected chi connectivity index (χ0v) is 11.6. The second-order valence-electron chi connectivity index (χ2n) is 4.55. The molecule has 1 nitrogen and oxygen atoms in total. The van der Waals surface area contributed by atoms with E-state index >= 15 is 0 Å². The van der Waals surface area contributed by atoms with E-state index in [0.717, 1.165) is 5.56 Å². The van der Waals surface area contributed by atoms with Gasteiger partial charge in [-0.15, -0.1) is 11.8 Å². The Morgan fingerprint density at radius 1 is 0.889 bits per heavy atom. The minimum atomic E-state index is -0.406. The van der Waals surface area contributed by atoms with Gasteiger partial charge < -0.3 is 5.11 Å². The molecular weight excluding hydrogens is 240 g/mol. The summed E-state index contributed by atoms with van der Waals surface area (Å²) in [6.07, 6.45) is -0.406. The lowest BCUT2D eigenvalue weighted by Gasteiger charge is -2.11. The highest BCUT2D eigenvalue weighted by Gasteiger charge is 2.07. The Labute approximate surface area is 113 Å². The first kappa shape index (κ1) is 13.2. The quantitative estimate of drug-likeness (QED) is 0.832. The Morgan fingerprint density at radius 2 is 1.39 bits per heavy atom. The second-order valence-corrected chi connectivity index (χ2v) is 5.64. The van der Waals surface area contributed by atoms with Crippen LogP contribution in [0.25, 0.3) is 0 Å². The third kappa shape index (κ3) is 3.62. The minimum absolute atomic E-state index is 0.406. The Morgan fingerprint density at radius 3 is 1.94 bits per heavy atom. The van der Waals surface area contributed by atoms with Crippen molar-refractivity contribution in [1.29, 1.82) is 0 Å². The van der Waals surface area contributed by atoms with E-state index in [1.54, 1.807) is 11.8 Å². The molecule has 2 rings (SSSR count). The Hall–Kier alpha value is -1.25. The maximum absolute atomic E-state index is 10.1. The van der Waals surface area contributed by atoms with Crippen molar-refractivity contribution in [2.75, 3.05) is 5.75 Å². The number of rotatable bonds is 4. The SMILES string of the molecule is Cc1ccc(SC[C@@H](O)c2ccc(C)cc2)cc1. The van der Waals surface area contributed by atoms with Gasteiger partial charge in [-0.1, -0.05) is 47.5 Å². The van der Waals surface area contributed by atoms with Gasteiger partial charge in [0.1, 0.15) is 0 Å². The molecule has 0 aliphatic heterocycles. The molecule has 0 heterocycles. The molecule has 2 heteroatoms. The molecule has 0 bridgehead atoms. The predicted octanol–water partition coefficient (Wildman–Crippen LogP) is 4.13. The van der Waals surface area contributed by atoms with Crippen LogP contribution in [0.5, 0.6) is 0 Å². The van der Waals surface area contributed by atoms with Crippen LogP contribution in [0.2, 0.25) is 0 Å². The van der Waals surface area contributed by atoms with Crippen LogP contribution >= 0.6 is 11.8 Å². The Bertz CT molecular complexity index is 488. The first-order valence-electron chi connectivity index (χ1n) is 6.09. The van der Waals surface area contributed by atoms with Gasteiger partial charge in [0, 0.05) is 10.6 Å². The highest BCUT2D eigenvalue weighted by atomic mass is 32.2. The molecular formula is C16H18OS. The number of aliphatic hydroxyl groups is 1. The van der Waals surface area contributed by atoms with Crippen molar-refractivity contribution in [2.45, 2.75) is 24.8 Å². The molecule has 0 saturated heterocycles. The van der Waals surface area contributed by atoms with Crippen molar-refractivity contribution in [3.05, 3.63) is 65.2 Å². The van der Waals surface area contributed by atoms with Crippen LogP contribution in [0, 0.1) is 13.8 Å². The summed E-state index contributed by atoms with van der Waals surface area (Å²) in [5.41, 5.74) is 3.47. The van der Waals surface area contributed by atoms with Crippen molar-refractivity contribution in [3.63, 3.8) is 0 Å². The molecule has 18 heavy (non-hydrogen) atoms. The smallest absolute Gasteiger partial charge is 0.0883 e. The molecule has 0 aromatic heterocycles. The lowest BCUT2D eigenvalue weighted by atomic mass is 10.1. The fourth-order valence-corrected chi connectivity index (χ4v) is 2.57. The summed E-state index contributed by atoms with van der Waals surface area (Å²) in [4.78, 5) is 1.20. The lowest BCUT2D eigenvalue weighted by Crippen LogP contribution is -2.00. The van der Waals surface area contributed by atoms with Gasteiger partial charge in [-0.3, -0.25) is 0 Å². The van der Waals surface area contributed by atoms with Gasteiger partial charge in [-0.05, 0) is 31.5 Å². The number of thioether (sulfide) groups is 1. The summed E-state index contributed by atoms with van der Waals surface area (Å²) < 4.78 is 0. The van der Waals surface area contributed by atoms with Crippen molar-refractivity contribution in [2.24, 2.45) is 0 Å². The highest BCUT2D eigenvalue weighted by molar-refractivity contribution is 7.99. The fraction of sp³-hybridized carbons (Fsp3) is 0.250. The van der Waals surface area contributed by atoms with E-state index in [0.29, 0.717) is 5.75 Å². The van der Waals surface area contributed by atoms with Crippen LogP contribution in [-0.4, -0.2) is 10.9 Å². The summed E-state index contributed by atoms with van der Waals surface area (Å²) in [5, 5.41) is 10.1.